The topological polar surface area (TPSA) is 0 Å². The Morgan fingerprint density at radius 2 is 1.05 bits per heavy atom. The second kappa shape index (κ2) is 5.81. The quantitative estimate of drug-likeness (QED) is 0.522. The van der Waals surface area contributed by atoms with E-state index in [1.54, 1.807) is 0 Å². The minimum absolute atomic E-state index is 1.27. The van der Waals surface area contributed by atoms with E-state index in [0.717, 1.165) is 0 Å². The van der Waals surface area contributed by atoms with Crippen LogP contribution in [0.25, 0.3) is 22.3 Å². The van der Waals surface area contributed by atoms with Crippen LogP contribution in [-0.4, -0.2) is 0 Å². The van der Waals surface area contributed by atoms with Gasteiger partial charge in [-0.15, -0.1) is 0 Å². The Morgan fingerprint density at radius 3 is 1.73 bits per heavy atom. The molecule has 0 amide bonds. The van der Waals surface area contributed by atoms with Gasteiger partial charge in [0.1, 0.15) is 0 Å². The van der Waals surface area contributed by atoms with Gasteiger partial charge in [-0.05, 0) is 72.7 Å². The van der Waals surface area contributed by atoms with E-state index < -0.39 is 0 Å². The summed E-state index contributed by atoms with van der Waals surface area (Å²) in [6, 6.07) is 22.2. The Morgan fingerprint density at radius 1 is 0.455 bits per heavy atom. The van der Waals surface area contributed by atoms with Crippen LogP contribution in [0.2, 0.25) is 0 Å². The molecular formula is C22H22. The fourth-order valence-electron chi connectivity index (χ4n) is 2.77. The second-order valence-corrected chi connectivity index (χ2v) is 6.19. The van der Waals surface area contributed by atoms with Crippen LogP contribution >= 0.6 is 0 Å². The van der Waals surface area contributed by atoms with E-state index in [0.29, 0.717) is 0 Å². The van der Waals surface area contributed by atoms with Crippen molar-refractivity contribution >= 4 is 0 Å². The maximum Gasteiger partial charge on any atom is -0.0148 e. The summed E-state index contributed by atoms with van der Waals surface area (Å²) in [5.74, 6) is 0. The maximum atomic E-state index is 2.31. The van der Waals surface area contributed by atoms with Gasteiger partial charge in [0.15, 0.2) is 0 Å². The predicted molar refractivity (Wildman–Crippen MR) is 96.3 cm³/mol. The third-order valence-corrected chi connectivity index (χ3v) is 4.44. The Balaban J connectivity index is 2.10. The predicted octanol–water partition coefficient (Wildman–Crippen LogP) is 6.25. The summed E-state index contributed by atoms with van der Waals surface area (Å²) in [7, 11) is 0. The summed E-state index contributed by atoms with van der Waals surface area (Å²) in [5, 5.41) is 0. The number of aryl methyl sites for hydroxylation is 4. The first-order chi connectivity index (χ1) is 10.5. The Hall–Kier alpha value is -2.34. The summed E-state index contributed by atoms with van der Waals surface area (Å²) < 4.78 is 0. The maximum absolute atomic E-state index is 2.31. The molecule has 0 saturated carbocycles. The van der Waals surface area contributed by atoms with Gasteiger partial charge in [-0.1, -0.05) is 60.2 Å². The molecule has 0 fully saturated rings. The van der Waals surface area contributed by atoms with Gasteiger partial charge in [0.05, 0.1) is 0 Å². The van der Waals surface area contributed by atoms with Crippen molar-refractivity contribution < 1.29 is 0 Å². The lowest BCUT2D eigenvalue weighted by Gasteiger charge is -2.11. The largest absolute Gasteiger partial charge is 0.0587 e. The van der Waals surface area contributed by atoms with Gasteiger partial charge in [0, 0.05) is 0 Å². The van der Waals surface area contributed by atoms with E-state index in [1.165, 1.54) is 44.5 Å². The summed E-state index contributed by atoms with van der Waals surface area (Å²) in [6.45, 7) is 8.65. The summed E-state index contributed by atoms with van der Waals surface area (Å²) in [6.07, 6.45) is 0. The Kier molecular flexibility index (Phi) is 3.85. The molecule has 3 aromatic carbocycles. The zero-order chi connectivity index (χ0) is 15.7. The van der Waals surface area contributed by atoms with E-state index in [1.807, 2.05) is 0 Å². The minimum atomic E-state index is 1.27. The van der Waals surface area contributed by atoms with E-state index in [9.17, 15) is 0 Å². The van der Waals surface area contributed by atoms with Gasteiger partial charge in [-0.2, -0.15) is 0 Å². The van der Waals surface area contributed by atoms with Gasteiger partial charge in [-0.25, -0.2) is 0 Å². The van der Waals surface area contributed by atoms with Gasteiger partial charge in [0.2, 0.25) is 0 Å². The number of benzene rings is 3. The van der Waals surface area contributed by atoms with E-state index in [2.05, 4.69) is 88.4 Å². The molecule has 0 atom stereocenters. The summed E-state index contributed by atoms with van der Waals surface area (Å²) in [4.78, 5) is 0. The van der Waals surface area contributed by atoms with Crippen molar-refractivity contribution in [3.63, 3.8) is 0 Å². The molecule has 0 aliphatic carbocycles. The standard InChI is InChI=1S/C22H22/c1-15-5-9-19(10-6-15)20-11-8-17(3)22(14-20)21-12-7-16(2)18(4)13-21/h5-14H,1-4H3. The average molecular weight is 286 g/mol. The third kappa shape index (κ3) is 2.82. The van der Waals surface area contributed by atoms with Gasteiger partial charge in [0.25, 0.3) is 0 Å². The molecule has 0 nitrogen and oxygen atoms in total. The normalized spacial score (nSPS) is 10.7. The molecule has 3 rings (SSSR count). The highest BCUT2D eigenvalue weighted by Crippen LogP contribution is 2.30. The molecule has 110 valence electrons. The summed E-state index contributed by atoms with van der Waals surface area (Å²) >= 11 is 0. The first-order valence-electron chi connectivity index (χ1n) is 7.80. The lowest BCUT2D eigenvalue weighted by atomic mass is 9.93. The van der Waals surface area contributed by atoms with E-state index in [-0.39, 0.29) is 0 Å². The number of hydrogen-bond donors (Lipinski definition) is 0. The van der Waals surface area contributed by atoms with Crippen molar-refractivity contribution in [3.05, 3.63) is 82.9 Å². The average Bonchev–Trinajstić information content (AvgIpc) is 2.51. The van der Waals surface area contributed by atoms with E-state index in [4.69, 9.17) is 0 Å². The molecule has 22 heavy (non-hydrogen) atoms. The summed E-state index contributed by atoms with van der Waals surface area (Å²) in [5.41, 5.74) is 10.5. The molecule has 0 N–H and O–H groups in total. The van der Waals surface area contributed by atoms with Crippen LogP contribution in [0.5, 0.6) is 0 Å². The van der Waals surface area contributed by atoms with Crippen LogP contribution in [-0.2, 0) is 0 Å². The molecular weight excluding hydrogens is 264 g/mol. The lowest BCUT2D eigenvalue weighted by molar-refractivity contribution is 1.33. The van der Waals surface area contributed by atoms with Gasteiger partial charge >= 0.3 is 0 Å². The second-order valence-electron chi connectivity index (χ2n) is 6.19. The van der Waals surface area contributed by atoms with E-state index >= 15 is 0 Å². The molecule has 0 saturated heterocycles. The SMILES string of the molecule is Cc1ccc(-c2ccc(C)c(-c3ccc(C)c(C)c3)c2)cc1. The van der Waals surface area contributed by atoms with Crippen molar-refractivity contribution in [1.82, 2.24) is 0 Å². The van der Waals surface area contributed by atoms with Crippen LogP contribution < -0.4 is 0 Å². The third-order valence-electron chi connectivity index (χ3n) is 4.44. The smallest absolute Gasteiger partial charge is 0.0148 e. The Bertz CT molecular complexity index is 808. The molecule has 0 spiro atoms. The molecule has 3 aromatic rings. The fourth-order valence-corrected chi connectivity index (χ4v) is 2.77. The monoisotopic (exact) mass is 286 g/mol. The van der Waals surface area contributed by atoms with Crippen molar-refractivity contribution in [3.8, 4) is 22.3 Å². The van der Waals surface area contributed by atoms with Crippen molar-refractivity contribution in [2.75, 3.05) is 0 Å². The fraction of sp³-hybridized carbons (Fsp3) is 0.182. The number of hydrogen-bond acceptors (Lipinski definition) is 0. The molecule has 0 radical (unpaired) electrons. The van der Waals surface area contributed by atoms with Gasteiger partial charge in [-0.3, -0.25) is 0 Å². The molecule has 0 aliphatic rings. The van der Waals surface area contributed by atoms with Crippen molar-refractivity contribution in [2.24, 2.45) is 0 Å². The zero-order valence-electron chi connectivity index (χ0n) is 13.8. The molecule has 0 heteroatoms. The highest BCUT2D eigenvalue weighted by atomic mass is 14.1. The van der Waals surface area contributed by atoms with Crippen LogP contribution in [0.3, 0.4) is 0 Å². The minimum Gasteiger partial charge on any atom is -0.0587 e. The van der Waals surface area contributed by atoms with Crippen LogP contribution in [0.1, 0.15) is 22.3 Å². The Labute approximate surface area is 133 Å². The highest BCUT2D eigenvalue weighted by Gasteiger charge is 2.06. The first-order valence-corrected chi connectivity index (χ1v) is 7.80. The van der Waals surface area contributed by atoms with Crippen LogP contribution in [0.4, 0.5) is 0 Å². The highest BCUT2D eigenvalue weighted by molar-refractivity contribution is 5.76. The molecule has 0 bridgehead atoms. The van der Waals surface area contributed by atoms with Gasteiger partial charge < -0.3 is 0 Å². The zero-order valence-corrected chi connectivity index (χ0v) is 13.8. The lowest BCUT2D eigenvalue weighted by Crippen LogP contribution is -1.88. The van der Waals surface area contributed by atoms with Crippen molar-refractivity contribution in [2.45, 2.75) is 27.7 Å². The van der Waals surface area contributed by atoms with Crippen LogP contribution in [0, 0.1) is 27.7 Å². The molecule has 0 heterocycles. The van der Waals surface area contributed by atoms with Crippen LogP contribution in [0.15, 0.2) is 60.7 Å². The number of rotatable bonds is 2. The molecule has 0 aromatic heterocycles. The molecule has 0 unspecified atom stereocenters. The van der Waals surface area contributed by atoms with Crippen molar-refractivity contribution in [1.29, 1.82) is 0 Å². The molecule has 0 aliphatic heterocycles. The first kappa shape index (κ1) is 14.6.